The summed E-state index contributed by atoms with van der Waals surface area (Å²) in [5, 5.41) is 13.4. The molecule has 0 aliphatic rings. The smallest absolute Gasteiger partial charge is 0.182 e. The normalized spacial score (nSPS) is 10.7. The molecule has 2 heterocycles. The van der Waals surface area contributed by atoms with Gasteiger partial charge in [-0.15, -0.1) is 0 Å². The molecule has 0 radical (unpaired) electrons. The van der Waals surface area contributed by atoms with Crippen molar-refractivity contribution in [2.24, 2.45) is 0 Å². The van der Waals surface area contributed by atoms with E-state index in [1.807, 2.05) is 0 Å². The Labute approximate surface area is 104 Å². The van der Waals surface area contributed by atoms with Crippen LogP contribution in [0.5, 0.6) is 0 Å². The number of hydrogen-bond acceptors (Lipinski definition) is 6. The number of imidazole rings is 1. The maximum atomic E-state index is 10.2. The second-order valence-corrected chi connectivity index (χ2v) is 3.93. The van der Waals surface area contributed by atoms with Crippen molar-refractivity contribution in [2.45, 2.75) is 25.7 Å². The van der Waals surface area contributed by atoms with Crippen molar-refractivity contribution in [2.75, 3.05) is 11.9 Å². The summed E-state index contributed by atoms with van der Waals surface area (Å²) < 4.78 is 0. The van der Waals surface area contributed by atoms with Crippen molar-refractivity contribution in [1.29, 1.82) is 0 Å². The number of nitrogens with zero attached hydrogens (tertiary/aromatic N) is 3. The van der Waals surface area contributed by atoms with E-state index >= 15 is 0 Å². The Hall–Kier alpha value is -2.18. The van der Waals surface area contributed by atoms with Crippen LogP contribution >= 0.6 is 0 Å². The number of aromatic amines is 1. The highest BCUT2D eigenvalue weighted by Crippen LogP contribution is 2.14. The zero-order valence-electron chi connectivity index (χ0n) is 9.85. The molecule has 2 N–H and O–H groups in total. The van der Waals surface area contributed by atoms with Gasteiger partial charge in [0.05, 0.1) is 6.33 Å². The number of carboxylic acid groups (broad SMARTS) is 1. The molecular formula is C11H14N5O2-. The number of rotatable bonds is 7. The van der Waals surface area contributed by atoms with Gasteiger partial charge in [0.2, 0.25) is 0 Å². The first-order valence-corrected chi connectivity index (χ1v) is 5.85. The van der Waals surface area contributed by atoms with E-state index in [1.165, 1.54) is 6.33 Å². The highest BCUT2D eigenvalue weighted by molar-refractivity contribution is 5.81. The van der Waals surface area contributed by atoms with E-state index in [2.05, 4.69) is 25.3 Å². The summed E-state index contributed by atoms with van der Waals surface area (Å²) >= 11 is 0. The minimum Gasteiger partial charge on any atom is -0.550 e. The van der Waals surface area contributed by atoms with Gasteiger partial charge in [-0.3, -0.25) is 0 Å². The number of carbonyl (C=O) groups excluding carboxylic acids is 1. The van der Waals surface area contributed by atoms with Crippen molar-refractivity contribution < 1.29 is 9.90 Å². The Bertz CT molecular complexity index is 525. The number of H-pyrrole nitrogens is 1. The van der Waals surface area contributed by atoms with Crippen molar-refractivity contribution in [1.82, 2.24) is 19.9 Å². The van der Waals surface area contributed by atoms with Gasteiger partial charge >= 0.3 is 0 Å². The van der Waals surface area contributed by atoms with Crippen LogP contribution in [-0.2, 0) is 4.79 Å². The molecule has 0 amide bonds. The quantitative estimate of drug-likeness (QED) is 0.672. The molecule has 18 heavy (non-hydrogen) atoms. The average Bonchev–Trinajstić information content (AvgIpc) is 2.82. The van der Waals surface area contributed by atoms with E-state index < -0.39 is 5.97 Å². The van der Waals surface area contributed by atoms with Crippen LogP contribution in [0.15, 0.2) is 12.7 Å². The van der Waals surface area contributed by atoms with Crippen LogP contribution in [-0.4, -0.2) is 32.4 Å². The van der Waals surface area contributed by atoms with Gasteiger partial charge in [-0.05, 0) is 19.3 Å². The lowest BCUT2D eigenvalue weighted by Crippen LogP contribution is -2.21. The standard InChI is InChI=1S/C11H15N5O2/c17-8(18)4-2-1-3-5-12-10-9-11(14-6-13-9)16-7-15-10/h6-7H,1-5H2,(H,17,18)(H2,12,13,14,15,16)/p-1. The minimum atomic E-state index is -0.988. The van der Waals surface area contributed by atoms with Crippen LogP contribution in [0.3, 0.4) is 0 Å². The molecule has 96 valence electrons. The lowest BCUT2D eigenvalue weighted by atomic mass is 10.2. The second kappa shape index (κ2) is 5.95. The Morgan fingerprint density at radius 1 is 1.28 bits per heavy atom. The predicted octanol–water partition coefficient (Wildman–Crippen LogP) is 0.0751. The fourth-order valence-corrected chi connectivity index (χ4v) is 1.68. The molecule has 0 atom stereocenters. The average molecular weight is 248 g/mol. The zero-order valence-corrected chi connectivity index (χ0v) is 9.85. The van der Waals surface area contributed by atoms with Crippen molar-refractivity contribution in [3.8, 4) is 0 Å². The van der Waals surface area contributed by atoms with Gasteiger partial charge in [-0.1, -0.05) is 6.42 Å². The molecule has 2 aromatic heterocycles. The number of fused-ring (bicyclic) bond motifs is 1. The van der Waals surface area contributed by atoms with E-state index in [4.69, 9.17) is 0 Å². The molecule has 0 fully saturated rings. The fourth-order valence-electron chi connectivity index (χ4n) is 1.68. The van der Waals surface area contributed by atoms with Gasteiger partial charge in [0.25, 0.3) is 0 Å². The summed E-state index contributed by atoms with van der Waals surface area (Å²) in [4.78, 5) is 25.4. The fraction of sp³-hybridized carbons (Fsp3) is 0.455. The Balaban J connectivity index is 1.76. The van der Waals surface area contributed by atoms with E-state index in [9.17, 15) is 9.90 Å². The number of carbonyl (C=O) groups is 1. The summed E-state index contributed by atoms with van der Waals surface area (Å²) in [5.74, 6) is -0.268. The molecule has 0 unspecified atom stereocenters. The molecule has 0 aliphatic carbocycles. The molecule has 2 rings (SSSR count). The molecule has 7 nitrogen and oxygen atoms in total. The number of aliphatic carboxylic acids is 1. The first-order chi connectivity index (χ1) is 8.77. The van der Waals surface area contributed by atoms with Crippen LogP contribution in [0, 0.1) is 0 Å². The van der Waals surface area contributed by atoms with Crippen LogP contribution in [0.1, 0.15) is 25.7 Å². The summed E-state index contributed by atoms with van der Waals surface area (Å²) in [6, 6.07) is 0. The van der Waals surface area contributed by atoms with Gasteiger partial charge in [0.15, 0.2) is 11.5 Å². The monoisotopic (exact) mass is 248 g/mol. The number of anilines is 1. The number of unbranched alkanes of at least 4 members (excludes halogenated alkanes) is 2. The Morgan fingerprint density at radius 2 is 2.17 bits per heavy atom. The predicted molar refractivity (Wildman–Crippen MR) is 63.6 cm³/mol. The number of hydrogen-bond donors (Lipinski definition) is 2. The van der Waals surface area contributed by atoms with E-state index in [0.717, 1.165) is 30.7 Å². The molecule has 0 aliphatic heterocycles. The van der Waals surface area contributed by atoms with Gasteiger partial charge in [-0.25, -0.2) is 15.0 Å². The molecule has 0 aromatic carbocycles. The molecular weight excluding hydrogens is 234 g/mol. The molecule has 0 spiro atoms. The third kappa shape index (κ3) is 3.16. The highest BCUT2D eigenvalue weighted by Gasteiger charge is 2.04. The first kappa shape index (κ1) is 12.3. The van der Waals surface area contributed by atoms with Crippen molar-refractivity contribution in [3.05, 3.63) is 12.7 Å². The molecule has 7 heteroatoms. The Kier molecular flexibility index (Phi) is 4.06. The van der Waals surface area contributed by atoms with Crippen LogP contribution in [0.2, 0.25) is 0 Å². The topological polar surface area (TPSA) is 107 Å². The van der Waals surface area contributed by atoms with Crippen molar-refractivity contribution in [3.63, 3.8) is 0 Å². The number of carboxylic acids is 1. The summed E-state index contributed by atoms with van der Waals surface area (Å²) in [5.41, 5.74) is 1.41. The third-order valence-corrected chi connectivity index (χ3v) is 2.57. The second-order valence-electron chi connectivity index (χ2n) is 3.93. The van der Waals surface area contributed by atoms with Crippen molar-refractivity contribution >= 4 is 23.0 Å². The lowest BCUT2D eigenvalue weighted by Gasteiger charge is -2.06. The van der Waals surface area contributed by atoms with Gasteiger partial charge < -0.3 is 20.2 Å². The third-order valence-electron chi connectivity index (χ3n) is 2.57. The van der Waals surface area contributed by atoms with Gasteiger partial charge in [0, 0.05) is 12.5 Å². The molecule has 0 bridgehead atoms. The van der Waals surface area contributed by atoms with Gasteiger partial charge in [0.1, 0.15) is 11.8 Å². The maximum absolute atomic E-state index is 10.2. The molecule has 2 aromatic rings. The highest BCUT2D eigenvalue weighted by atomic mass is 16.4. The van der Waals surface area contributed by atoms with Crippen LogP contribution < -0.4 is 10.4 Å². The SMILES string of the molecule is O=C([O-])CCCCCNc1ncnc2nc[nH]c12. The lowest BCUT2D eigenvalue weighted by molar-refractivity contribution is -0.305. The van der Waals surface area contributed by atoms with Crippen LogP contribution in [0.4, 0.5) is 5.82 Å². The summed E-state index contributed by atoms with van der Waals surface area (Å²) in [7, 11) is 0. The summed E-state index contributed by atoms with van der Waals surface area (Å²) in [6.45, 7) is 0.734. The minimum absolute atomic E-state index is 0.123. The summed E-state index contributed by atoms with van der Waals surface area (Å²) in [6.07, 6.45) is 5.53. The number of aromatic nitrogens is 4. The van der Waals surface area contributed by atoms with E-state index in [0.29, 0.717) is 12.1 Å². The van der Waals surface area contributed by atoms with Gasteiger partial charge in [-0.2, -0.15) is 0 Å². The number of nitrogens with one attached hydrogen (secondary N) is 2. The largest absolute Gasteiger partial charge is 0.550 e. The molecule has 0 saturated carbocycles. The van der Waals surface area contributed by atoms with E-state index in [1.54, 1.807) is 6.33 Å². The molecule has 0 saturated heterocycles. The first-order valence-electron chi connectivity index (χ1n) is 5.85. The maximum Gasteiger partial charge on any atom is 0.182 e. The Morgan fingerprint density at radius 3 is 3.00 bits per heavy atom. The zero-order chi connectivity index (χ0) is 12.8. The van der Waals surface area contributed by atoms with E-state index in [-0.39, 0.29) is 6.42 Å². The van der Waals surface area contributed by atoms with Crippen LogP contribution in [0.25, 0.3) is 11.2 Å².